The van der Waals surface area contributed by atoms with Crippen LogP contribution in [-0.4, -0.2) is 23.1 Å². The lowest BCUT2D eigenvalue weighted by Crippen LogP contribution is -2.15. The van der Waals surface area contributed by atoms with Crippen molar-refractivity contribution in [1.82, 2.24) is 9.97 Å². The predicted octanol–water partition coefficient (Wildman–Crippen LogP) is 3.49. The summed E-state index contributed by atoms with van der Waals surface area (Å²) >= 11 is 0. The number of rotatable bonds is 7. The molecule has 0 saturated heterocycles. The average molecular weight is 290 g/mol. The van der Waals surface area contributed by atoms with Gasteiger partial charge in [0, 0.05) is 12.5 Å². The van der Waals surface area contributed by atoms with E-state index in [-0.39, 0.29) is 0 Å². The molecule has 21 heavy (non-hydrogen) atoms. The molecule has 0 aromatic carbocycles. The van der Waals surface area contributed by atoms with Crippen LogP contribution in [0, 0.1) is 0 Å². The molecule has 1 fully saturated rings. The highest BCUT2D eigenvalue weighted by Gasteiger charge is 2.21. The van der Waals surface area contributed by atoms with Crippen molar-refractivity contribution in [3.8, 4) is 5.88 Å². The van der Waals surface area contributed by atoms with Gasteiger partial charge in [-0.25, -0.2) is 4.98 Å². The van der Waals surface area contributed by atoms with Gasteiger partial charge in [0.25, 0.3) is 0 Å². The Labute approximate surface area is 127 Å². The third kappa shape index (κ3) is 4.09. The lowest BCUT2D eigenvalue weighted by molar-refractivity contribution is 0.303. The predicted molar refractivity (Wildman–Crippen MR) is 86.7 cm³/mol. The van der Waals surface area contributed by atoms with Gasteiger partial charge in [0.05, 0.1) is 6.61 Å². The Kier molecular flexibility index (Phi) is 5.84. The first-order valence-corrected chi connectivity index (χ1v) is 7.91. The summed E-state index contributed by atoms with van der Waals surface area (Å²) in [5.41, 5.74) is 6.61. The standard InChI is InChI=1S/C16H26N4O/c1-3-10-18-15-13(17)16(21-11-4-2)20-14(19-15)12-8-6-5-7-9-12/h3,12H,1,4-11,17H2,2H3,(H,18,19,20). The highest BCUT2D eigenvalue weighted by molar-refractivity contribution is 5.67. The quantitative estimate of drug-likeness (QED) is 0.752. The van der Waals surface area contributed by atoms with E-state index in [1.165, 1.54) is 19.3 Å². The number of nitrogens with two attached hydrogens (primary N) is 1. The number of hydrogen-bond acceptors (Lipinski definition) is 5. The number of aromatic nitrogens is 2. The van der Waals surface area contributed by atoms with Crippen LogP contribution in [0.2, 0.25) is 0 Å². The summed E-state index contributed by atoms with van der Waals surface area (Å²) in [5.74, 6) is 2.46. The van der Waals surface area contributed by atoms with Crippen molar-refractivity contribution in [1.29, 1.82) is 0 Å². The fraction of sp³-hybridized carbons (Fsp3) is 0.625. The normalized spacial score (nSPS) is 15.7. The van der Waals surface area contributed by atoms with Crippen molar-refractivity contribution in [3.63, 3.8) is 0 Å². The molecule has 0 unspecified atom stereocenters. The van der Waals surface area contributed by atoms with Crippen molar-refractivity contribution in [2.24, 2.45) is 0 Å². The first-order chi connectivity index (χ1) is 10.3. The van der Waals surface area contributed by atoms with Gasteiger partial charge < -0.3 is 15.8 Å². The summed E-state index contributed by atoms with van der Waals surface area (Å²) in [4.78, 5) is 9.21. The lowest BCUT2D eigenvalue weighted by atomic mass is 9.88. The minimum atomic E-state index is 0.424. The van der Waals surface area contributed by atoms with E-state index in [2.05, 4.69) is 28.8 Å². The number of nitrogens with one attached hydrogen (secondary N) is 1. The van der Waals surface area contributed by atoms with E-state index in [1.807, 2.05) is 0 Å². The van der Waals surface area contributed by atoms with Gasteiger partial charge in [-0.15, -0.1) is 6.58 Å². The minimum absolute atomic E-state index is 0.424. The smallest absolute Gasteiger partial charge is 0.242 e. The summed E-state index contributed by atoms with van der Waals surface area (Å²) in [7, 11) is 0. The van der Waals surface area contributed by atoms with Crippen LogP contribution in [0.5, 0.6) is 5.88 Å². The van der Waals surface area contributed by atoms with E-state index in [0.717, 1.165) is 25.1 Å². The van der Waals surface area contributed by atoms with Gasteiger partial charge in [-0.3, -0.25) is 0 Å². The second-order valence-electron chi connectivity index (χ2n) is 5.50. The van der Waals surface area contributed by atoms with Gasteiger partial charge in [-0.1, -0.05) is 32.3 Å². The van der Waals surface area contributed by atoms with Crippen LogP contribution < -0.4 is 15.8 Å². The molecule has 5 nitrogen and oxygen atoms in total. The first kappa shape index (κ1) is 15.6. The molecule has 2 rings (SSSR count). The topological polar surface area (TPSA) is 73.1 Å². The van der Waals surface area contributed by atoms with Crippen molar-refractivity contribution in [3.05, 3.63) is 18.5 Å². The van der Waals surface area contributed by atoms with Crippen molar-refractivity contribution >= 4 is 11.5 Å². The Morgan fingerprint density at radius 3 is 2.76 bits per heavy atom. The van der Waals surface area contributed by atoms with E-state index >= 15 is 0 Å². The zero-order valence-corrected chi connectivity index (χ0v) is 12.9. The molecule has 0 radical (unpaired) electrons. The second-order valence-corrected chi connectivity index (χ2v) is 5.50. The third-order valence-corrected chi connectivity index (χ3v) is 3.76. The molecule has 0 aliphatic heterocycles. The molecule has 1 aliphatic rings. The van der Waals surface area contributed by atoms with Crippen LogP contribution in [0.15, 0.2) is 12.7 Å². The molecule has 0 bridgehead atoms. The van der Waals surface area contributed by atoms with Crippen LogP contribution in [0.3, 0.4) is 0 Å². The minimum Gasteiger partial charge on any atom is -0.476 e. The maximum atomic E-state index is 6.12. The second kappa shape index (κ2) is 7.86. The fourth-order valence-electron chi connectivity index (χ4n) is 2.62. The molecular formula is C16H26N4O. The van der Waals surface area contributed by atoms with E-state index in [1.54, 1.807) is 6.08 Å². The van der Waals surface area contributed by atoms with Gasteiger partial charge >= 0.3 is 0 Å². The maximum Gasteiger partial charge on any atom is 0.242 e. The molecule has 116 valence electrons. The fourth-order valence-corrected chi connectivity index (χ4v) is 2.62. The number of hydrogen-bond donors (Lipinski definition) is 2. The average Bonchev–Trinajstić information content (AvgIpc) is 2.53. The van der Waals surface area contributed by atoms with Crippen LogP contribution in [0.4, 0.5) is 11.5 Å². The Balaban J connectivity index is 2.27. The van der Waals surface area contributed by atoms with Crippen molar-refractivity contribution in [2.45, 2.75) is 51.4 Å². The van der Waals surface area contributed by atoms with Crippen LogP contribution in [0.25, 0.3) is 0 Å². The Morgan fingerprint density at radius 1 is 1.33 bits per heavy atom. The van der Waals surface area contributed by atoms with Gasteiger partial charge in [-0.2, -0.15) is 4.98 Å². The van der Waals surface area contributed by atoms with Gasteiger partial charge in [0.2, 0.25) is 5.88 Å². The number of nitrogens with zero attached hydrogens (tertiary/aromatic N) is 2. The van der Waals surface area contributed by atoms with E-state index in [9.17, 15) is 0 Å². The molecule has 3 N–H and O–H groups in total. The highest BCUT2D eigenvalue weighted by atomic mass is 16.5. The Bertz CT molecular complexity index is 470. The van der Waals surface area contributed by atoms with Crippen LogP contribution in [-0.2, 0) is 0 Å². The molecule has 1 saturated carbocycles. The highest BCUT2D eigenvalue weighted by Crippen LogP contribution is 2.34. The first-order valence-electron chi connectivity index (χ1n) is 7.91. The molecule has 0 atom stereocenters. The summed E-state index contributed by atoms with van der Waals surface area (Å²) in [6, 6.07) is 0. The number of nitrogen functional groups attached to an aromatic ring is 1. The Morgan fingerprint density at radius 2 is 2.10 bits per heavy atom. The third-order valence-electron chi connectivity index (χ3n) is 3.76. The van der Waals surface area contributed by atoms with E-state index in [4.69, 9.17) is 10.5 Å². The van der Waals surface area contributed by atoms with Gasteiger partial charge in [0.15, 0.2) is 5.82 Å². The molecule has 1 aliphatic carbocycles. The summed E-state index contributed by atoms with van der Waals surface area (Å²) in [5, 5.41) is 3.18. The molecule has 1 aromatic rings. The molecule has 0 spiro atoms. The van der Waals surface area contributed by atoms with E-state index < -0.39 is 0 Å². The summed E-state index contributed by atoms with van der Waals surface area (Å²) in [6.45, 7) is 7.02. The zero-order chi connectivity index (χ0) is 15.1. The molecular weight excluding hydrogens is 264 g/mol. The molecule has 0 amide bonds. The monoisotopic (exact) mass is 290 g/mol. The molecule has 1 heterocycles. The largest absolute Gasteiger partial charge is 0.476 e. The summed E-state index contributed by atoms with van der Waals surface area (Å²) < 4.78 is 5.70. The SMILES string of the molecule is C=CCNc1nc(C2CCCCC2)nc(OCCC)c1N. The van der Waals surface area contributed by atoms with Gasteiger partial charge in [0.1, 0.15) is 11.5 Å². The maximum absolute atomic E-state index is 6.12. The molecule has 1 aromatic heterocycles. The van der Waals surface area contributed by atoms with E-state index in [0.29, 0.717) is 36.5 Å². The van der Waals surface area contributed by atoms with Crippen LogP contribution >= 0.6 is 0 Å². The Hall–Kier alpha value is -1.78. The number of anilines is 2. The lowest BCUT2D eigenvalue weighted by Gasteiger charge is -2.22. The van der Waals surface area contributed by atoms with Gasteiger partial charge in [-0.05, 0) is 19.3 Å². The van der Waals surface area contributed by atoms with Crippen molar-refractivity contribution in [2.75, 3.05) is 24.2 Å². The molecule has 5 heteroatoms. The summed E-state index contributed by atoms with van der Waals surface area (Å²) in [6.07, 6.45) is 8.83. The van der Waals surface area contributed by atoms with Crippen LogP contribution in [0.1, 0.15) is 57.2 Å². The van der Waals surface area contributed by atoms with Crippen molar-refractivity contribution < 1.29 is 4.74 Å². The zero-order valence-electron chi connectivity index (χ0n) is 12.9. The number of ether oxygens (including phenoxy) is 1.